The molecule has 0 nitrogen and oxygen atoms in total. The van der Waals surface area contributed by atoms with Crippen LogP contribution < -0.4 is 0 Å². The van der Waals surface area contributed by atoms with E-state index in [9.17, 15) is 0 Å². The summed E-state index contributed by atoms with van der Waals surface area (Å²) in [5.41, 5.74) is 0.625. The fourth-order valence-corrected chi connectivity index (χ4v) is 2.48. The molecule has 11 heavy (non-hydrogen) atoms. The van der Waals surface area contributed by atoms with Gasteiger partial charge in [0.2, 0.25) is 0 Å². The van der Waals surface area contributed by atoms with Crippen LogP contribution in [0.4, 0.5) is 0 Å². The van der Waals surface area contributed by atoms with E-state index in [1.165, 1.54) is 6.42 Å². The maximum atomic E-state index is 4.31. The molecule has 64 valence electrons. The topological polar surface area (TPSA) is 0 Å². The first-order valence-electron chi connectivity index (χ1n) is 4.55. The largest absolute Gasteiger partial charge is 0.0651 e. The van der Waals surface area contributed by atoms with E-state index in [0.717, 1.165) is 5.92 Å². The third kappa shape index (κ3) is 0.878. The summed E-state index contributed by atoms with van der Waals surface area (Å²) in [6.45, 7) is 15.7. The molecule has 0 heteroatoms. The summed E-state index contributed by atoms with van der Waals surface area (Å²) >= 11 is 0. The monoisotopic (exact) mass is 152 g/mol. The van der Waals surface area contributed by atoms with Crippen molar-refractivity contribution in [3.05, 3.63) is 12.8 Å². The van der Waals surface area contributed by atoms with Gasteiger partial charge in [0.1, 0.15) is 0 Å². The Morgan fingerprint density at radius 2 is 1.82 bits per heavy atom. The first kappa shape index (κ1) is 9.09. The maximum absolute atomic E-state index is 4.31. The molecule has 0 amide bonds. The first-order chi connectivity index (χ1) is 4.85. The van der Waals surface area contributed by atoms with E-state index in [2.05, 4.69) is 41.5 Å². The van der Waals surface area contributed by atoms with Crippen molar-refractivity contribution in [3.63, 3.8) is 0 Å². The SMILES string of the molecule is [CH2]C1(C)C(CC)[C](C)C1(C)C. The van der Waals surface area contributed by atoms with Crippen LogP contribution in [0.3, 0.4) is 0 Å². The van der Waals surface area contributed by atoms with Crippen molar-refractivity contribution < 1.29 is 0 Å². The lowest BCUT2D eigenvalue weighted by Crippen LogP contribution is -2.57. The molecule has 1 aliphatic carbocycles. The average Bonchev–Trinajstić information content (AvgIpc) is 1.88. The smallest absolute Gasteiger partial charge is 0.0174 e. The molecule has 0 aromatic rings. The Morgan fingerprint density at radius 1 is 1.36 bits per heavy atom. The van der Waals surface area contributed by atoms with E-state index in [-0.39, 0.29) is 5.41 Å². The van der Waals surface area contributed by atoms with Gasteiger partial charge in [-0.25, -0.2) is 0 Å². The Balaban J connectivity index is 2.79. The average molecular weight is 152 g/mol. The second-order valence-corrected chi connectivity index (χ2v) is 4.69. The molecule has 0 aromatic carbocycles. The van der Waals surface area contributed by atoms with Crippen LogP contribution in [-0.2, 0) is 0 Å². The summed E-state index contributed by atoms with van der Waals surface area (Å²) in [6.07, 6.45) is 1.25. The van der Waals surface area contributed by atoms with Gasteiger partial charge in [0.15, 0.2) is 0 Å². The number of hydrogen-bond donors (Lipinski definition) is 0. The third-order valence-corrected chi connectivity index (χ3v) is 4.11. The van der Waals surface area contributed by atoms with Crippen LogP contribution in [0.15, 0.2) is 0 Å². The van der Waals surface area contributed by atoms with Crippen LogP contribution in [-0.4, -0.2) is 0 Å². The predicted molar refractivity (Wildman–Crippen MR) is 49.9 cm³/mol. The quantitative estimate of drug-likeness (QED) is 0.539. The highest BCUT2D eigenvalue weighted by atomic mass is 14.6. The molecular weight excluding hydrogens is 132 g/mol. The molecule has 0 aliphatic heterocycles. The van der Waals surface area contributed by atoms with E-state index in [0.29, 0.717) is 5.41 Å². The van der Waals surface area contributed by atoms with Crippen molar-refractivity contribution in [1.82, 2.24) is 0 Å². The fraction of sp³-hybridized carbons (Fsp3) is 0.818. The fourth-order valence-electron chi connectivity index (χ4n) is 2.48. The van der Waals surface area contributed by atoms with Gasteiger partial charge >= 0.3 is 0 Å². The van der Waals surface area contributed by atoms with Crippen molar-refractivity contribution in [2.45, 2.75) is 41.0 Å². The van der Waals surface area contributed by atoms with Crippen LogP contribution in [0.2, 0.25) is 0 Å². The Morgan fingerprint density at radius 3 is 2.00 bits per heavy atom. The molecule has 2 unspecified atom stereocenters. The van der Waals surface area contributed by atoms with Gasteiger partial charge in [-0.05, 0) is 29.6 Å². The summed E-state index contributed by atoms with van der Waals surface area (Å²) in [6, 6.07) is 0. The van der Waals surface area contributed by atoms with Crippen molar-refractivity contribution in [2.24, 2.45) is 16.7 Å². The van der Waals surface area contributed by atoms with Crippen molar-refractivity contribution in [2.75, 3.05) is 0 Å². The molecule has 1 aliphatic rings. The molecule has 2 radical (unpaired) electrons. The molecule has 0 spiro atoms. The normalized spacial score (nSPS) is 34.9. The second-order valence-electron chi connectivity index (χ2n) is 4.69. The molecular formula is C11H20. The van der Waals surface area contributed by atoms with Gasteiger partial charge in [-0.2, -0.15) is 0 Å². The minimum absolute atomic E-state index is 0.270. The molecule has 0 saturated heterocycles. The summed E-state index contributed by atoms with van der Waals surface area (Å²) in [5, 5.41) is 0. The van der Waals surface area contributed by atoms with Crippen molar-refractivity contribution in [3.8, 4) is 0 Å². The second kappa shape index (κ2) is 2.24. The van der Waals surface area contributed by atoms with E-state index in [1.807, 2.05) is 0 Å². The summed E-state index contributed by atoms with van der Waals surface area (Å²) < 4.78 is 0. The lowest BCUT2D eigenvalue weighted by Gasteiger charge is -2.64. The van der Waals surface area contributed by atoms with Gasteiger partial charge < -0.3 is 0 Å². The van der Waals surface area contributed by atoms with Crippen LogP contribution in [0.5, 0.6) is 0 Å². The molecule has 2 atom stereocenters. The Kier molecular flexibility index (Phi) is 1.85. The Bertz CT molecular complexity index is 153. The maximum Gasteiger partial charge on any atom is -0.0174 e. The molecule has 0 heterocycles. The van der Waals surface area contributed by atoms with Gasteiger partial charge in [-0.15, -0.1) is 0 Å². The van der Waals surface area contributed by atoms with Crippen LogP contribution in [0, 0.1) is 29.6 Å². The minimum Gasteiger partial charge on any atom is -0.0651 e. The van der Waals surface area contributed by atoms with E-state index in [1.54, 1.807) is 5.92 Å². The van der Waals surface area contributed by atoms with Crippen LogP contribution >= 0.6 is 0 Å². The minimum atomic E-state index is 0.270. The summed E-state index contributed by atoms with van der Waals surface area (Å²) in [4.78, 5) is 0. The highest BCUT2D eigenvalue weighted by molar-refractivity contribution is 5.26. The number of hydrogen-bond acceptors (Lipinski definition) is 0. The predicted octanol–water partition coefficient (Wildman–Crippen LogP) is 3.49. The van der Waals surface area contributed by atoms with Gasteiger partial charge in [-0.1, -0.05) is 41.0 Å². The Hall–Kier alpha value is 0. The van der Waals surface area contributed by atoms with Crippen molar-refractivity contribution >= 4 is 0 Å². The van der Waals surface area contributed by atoms with Gasteiger partial charge in [0.25, 0.3) is 0 Å². The highest BCUT2D eigenvalue weighted by Gasteiger charge is 2.58. The van der Waals surface area contributed by atoms with Crippen molar-refractivity contribution in [1.29, 1.82) is 0 Å². The van der Waals surface area contributed by atoms with E-state index in [4.69, 9.17) is 0 Å². The molecule has 1 saturated carbocycles. The zero-order valence-corrected chi connectivity index (χ0v) is 8.49. The molecule has 0 bridgehead atoms. The van der Waals surface area contributed by atoms with E-state index < -0.39 is 0 Å². The Labute approximate surface area is 71.4 Å². The lowest BCUT2D eigenvalue weighted by atomic mass is 9.41. The highest BCUT2D eigenvalue weighted by Crippen LogP contribution is 2.65. The van der Waals surface area contributed by atoms with Gasteiger partial charge in [0, 0.05) is 0 Å². The number of rotatable bonds is 1. The summed E-state index contributed by atoms with van der Waals surface area (Å²) in [7, 11) is 0. The zero-order chi connectivity index (χ0) is 8.86. The van der Waals surface area contributed by atoms with Gasteiger partial charge in [0.05, 0.1) is 0 Å². The van der Waals surface area contributed by atoms with E-state index >= 15 is 0 Å². The molecule has 0 N–H and O–H groups in total. The molecule has 1 rings (SSSR count). The van der Waals surface area contributed by atoms with Crippen LogP contribution in [0.25, 0.3) is 0 Å². The first-order valence-corrected chi connectivity index (χ1v) is 4.55. The van der Waals surface area contributed by atoms with Gasteiger partial charge in [-0.3, -0.25) is 0 Å². The molecule has 0 aromatic heterocycles. The standard InChI is InChI=1S/C11H20/c1-7-9-8(2)10(3,4)11(9,5)6/h9H,5,7H2,1-4,6H3. The lowest BCUT2D eigenvalue weighted by molar-refractivity contribution is -0.0323. The summed E-state index contributed by atoms with van der Waals surface area (Å²) in [5.74, 6) is 2.38. The molecule has 1 fully saturated rings. The third-order valence-electron chi connectivity index (χ3n) is 4.11. The zero-order valence-electron chi connectivity index (χ0n) is 8.49. The van der Waals surface area contributed by atoms with Crippen LogP contribution in [0.1, 0.15) is 41.0 Å².